The number of unbranched alkanes of at least 4 members (excludes halogenated alkanes) is 2. The maximum absolute atomic E-state index is 13.8. The van der Waals surface area contributed by atoms with E-state index >= 15 is 0 Å². The molecule has 294 valence electrons. The molecule has 0 spiro atoms. The Hall–Kier alpha value is -5.40. The highest BCUT2D eigenvalue weighted by Gasteiger charge is 2.25. The summed E-state index contributed by atoms with van der Waals surface area (Å²) in [5.74, 6) is 0.244. The van der Waals surface area contributed by atoms with Crippen LogP contribution in [0.4, 0.5) is 16.2 Å². The SMILES string of the molecule is COc1cc(C(=O)N(C)c2ccc(C)cc2OCCCCCC(=O)N2CCN(C)CC2)ccc1NC(=O)c1cccc2c1c(CO)cn2C(=O)OC(C)(C)C. The van der Waals surface area contributed by atoms with Crippen LogP contribution in [-0.2, 0) is 16.1 Å². The van der Waals surface area contributed by atoms with Gasteiger partial charge in [-0.25, -0.2) is 4.79 Å². The fraction of sp³-hybridized carbons (Fsp3) is 0.429. The van der Waals surface area contributed by atoms with E-state index in [0.29, 0.717) is 52.2 Å². The second-order valence-electron chi connectivity index (χ2n) is 14.9. The van der Waals surface area contributed by atoms with E-state index in [1.54, 1.807) is 64.2 Å². The van der Waals surface area contributed by atoms with Crippen molar-refractivity contribution in [2.75, 3.05) is 64.2 Å². The van der Waals surface area contributed by atoms with Crippen LogP contribution in [0.25, 0.3) is 10.9 Å². The maximum atomic E-state index is 13.8. The molecule has 0 saturated carbocycles. The van der Waals surface area contributed by atoms with E-state index < -0.39 is 24.2 Å². The Labute approximate surface area is 322 Å². The summed E-state index contributed by atoms with van der Waals surface area (Å²) in [5, 5.41) is 13.4. The normalized spacial score (nSPS) is 13.4. The minimum Gasteiger partial charge on any atom is -0.495 e. The third-order valence-electron chi connectivity index (χ3n) is 9.54. The second kappa shape index (κ2) is 17.8. The number of benzene rings is 3. The van der Waals surface area contributed by atoms with Gasteiger partial charge in [0, 0.05) is 67.9 Å². The number of carbonyl (C=O) groups is 4. The number of piperazine rings is 1. The molecule has 13 heteroatoms. The number of nitrogens with one attached hydrogen (secondary N) is 1. The van der Waals surface area contributed by atoms with Crippen LogP contribution in [-0.4, -0.2) is 103 Å². The number of nitrogens with zero attached hydrogens (tertiary/aromatic N) is 4. The molecule has 0 unspecified atom stereocenters. The Kier molecular flexibility index (Phi) is 13.2. The van der Waals surface area contributed by atoms with Crippen molar-refractivity contribution in [2.45, 2.75) is 65.6 Å². The minimum absolute atomic E-state index is 0.212. The van der Waals surface area contributed by atoms with E-state index in [2.05, 4.69) is 17.3 Å². The third-order valence-corrected chi connectivity index (χ3v) is 9.54. The largest absolute Gasteiger partial charge is 0.495 e. The lowest BCUT2D eigenvalue weighted by molar-refractivity contribution is -0.132. The molecule has 1 saturated heterocycles. The molecule has 0 atom stereocenters. The first kappa shape index (κ1) is 40.8. The van der Waals surface area contributed by atoms with Gasteiger partial charge in [0.1, 0.15) is 17.1 Å². The number of hydrogen-bond donors (Lipinski definition) is 2. The molecule has 1 aliphatic heterocycles. The van der Waals surface area contributed by atoms with Crippen molar-refractivity contribution in [2.24, 2.45) is 0 Å². The van der Waals surface area contributed by atoms with Gasteiger partial charge in [-0.05, 0) is 102 Å². The predicted molar refractivity (Wildman–Crippen MR) is 212 cm³/mol. The molecule has 55 heavy (non-hydrogen) atoms. The number of aliphatic hydroxyl groups excluding tert-OH is 1. The van der Waals surface area contributed by atoms with Crippen LogP contribution in [0.15, 0.2) is 60.8 Å². The number of rotatable bonds is 13. The maximum Gasteiger partial charge on any atom is 0.419 e. The van der Waals surface area contributed by atoms with Crippen molar-refractivity contribution in [1.82, 2.24) is 14.4 Å². The van der Waals surface area contributed by atoms with E-state index in [4.69, 9.17) is 14.2 Å². The standard InChI is InChI=1S/C42H53N5O8/c1-28-15-18-33(36(24-28)54-23-10-8-9-14-37(49)46-21-19-44(5)20-22-46)45(6)40(51)29-16-17-32(35(25-29)53-7)43-39(50)31-12-11-13-34-38(31)30(27-48)26-47(34)41(52)55-42(2,3)4/h11-13,15-18,24-26,48H,8-10,14,19-23,27H2,1-7H3,(H,43,50). The highest BCUT2D eigenvalue weighted by Crippen LogP contribution is 2.33. The Morgan fingerprint density at radius 3 is 2.36 bits per heavy atom. The summed E-state index contributed by atoms with van der Waals surface area (Å²) >= 11 is 0. The summed E-state index contributed by atoms with van der Waals surface area (Å²) in [4.78, 5) is 58.8. The molecule has 3 aromatic carbocycles. The third kappa shape index (κ3) is 10.0. The Morgan fingerprint density at radius 2 is 1.67 bits per heavy atom. The minimum atomic E-state index is -0.744. The lowest BCUT2D eigenvalue weighted by atomic mass is 10.1. The number of aromatic nitrogens is 1. The van der Waals surface area contributed by atoms with Crippen LogP contribution in [0.5, 0.6) is 11.5 Å². The van der Waals surface area contributed by atoms with Gasteiger partial charge >= 0.3 is 6.09 Å². The van der Waals surface area contributed by atoms with E-state index in [0.717, 1.165) is 51.0 Å². The van der Waals surface area contributed by atoms with Crippen LogP contribution in [0, 0.1) is 6.92 Å². The molecular formula is C42H53N5O8. The molecule has 0 bridgehead atoms. The second-order valence-corrected chi connectivity index (χ2v) is 14.9. The van der Waals surface area contributed by atoms with Gasteiger partial charge in [0.2, 0.25) is 5.91 Å². The van der Waals surface area contributed by atoms with Crippen LogP contribution in [0.1, 0.15) is 78.3 Å². The van der Waals surface area contributed by atoms with Crippen molar-refractivity contribution in [3.63, 3.8) is 0 Å². The van der Waals surface area contributed by atoms with Crippen molar-refractivity contribution in [3.05, 3.63) is 83.0 Å². The summed E-state index contributed by atoms with van der Waals surface area (Å²) in [6.45, 7) is 10.7. The summed E-state index contributed by atoms with van der Waals surface area (Å²) in [6.07, 6.45) is 3.80. The van der Waals surface area contributed by atoms with Gasteiger partial charge in [0.25, 0.3) is 11.8 Å². The van der Waals surface area contributed by atoms with Gasteiger partial charge in [0.15, 0.2) is 0 Å². The average molecular weight is 756 g/mol. The number of hydrogen-bond acceptors (Lipinski definition) is 9. The van der Waals surface area contributed by atoms with Crippen LogP contribution in [0.3, 0.4) is 0 Å². The van der Waals surface area contributed by atoms with Gasteiger partial charge in [-0.3, -0.25) is 19.0 Å². The molecule has 0 aliphatic carbocycles. The summed E-state index contributed by atoms with van der Waals surface area (Å²) in [7, 11) is 5.20. The average Bonchev–Trinajstić information content (AvgIpc) is 3.55. The Bertz CT molecular complexity index is 2030. The number of ether oxygens (including phenoxy) is 3. The fourth-order valence-electron chi connectivity index (χ4n) is 6.52. The van der Waals surface area contributed by atoms with Gasteiger partial charge in [-0.15, -0.1) is 0 Å². The molecule has 1 aliphatic rings. The zero-order chi connectivity index (χ0) is 39.9. The number of anilines is 2. The fourth-order valence-corrected chi connectivity index (χ4v) is 6.52. The lowest BCUT2D eigenvalue weighted by Crippen LogP contribution is -2.47. The van der Waals surface area contributed by atoms with Crippen molar-refractivity contribution >= 4 is 46.1 Å². The molecule has 3 amide bonds. The van der Waals surface area contributed by atoms with Gasteiger partial charge < -0.3 is 39.3 Å². The molecule has 0 radical (unpaired) electrons. The predicted octanol–water partition coefficient (Wildman–Crippen LogP) is 6.48. The highest BCUT2D eigenvalue weighted by molar-refractivity contribution is 6.15. The molecule has 5 rings (SSSR count). The first-order chi connectivity index (χ1) is 26.2. The first-order valence-electron chi connectivity index (χ1n) is 18.6. The smallest absolute Gasteiger partial charge is 0.419 e. The lowest BCUT2D eigenvalue weighted by Gasteiger charge is -2.32. The van der Waals surface area contributed by atoms with Gasteiger partial charge in [0.05, 0.1) is 37.2 Å². The summed E-state index contributed by atoms with van der Waals surface area (Å²) in [6, 6.07) is 15.4. The zero-order valence-electron chi connectivity index (χ0n) is 32.9. The monoisotopic (exact) mass is 755 g/mol. The van der Waals surface area contributed by atoms with Crippen LogP contribution in [0.2, 0.25) is 0 Å². The molecule has 1 aromatic heterocycles. The van der Waals surface area contributed by atoms with E-state index in [-0.39, 0.29) is 23.1 Å². The van der Waals surface area contributed by atoms with Crippen molar-refractivity contribution < 1.29 is 38.5 Å². The van der Waals surface area contributed by atoms with Crippen molar-refractivity contribution in [3.8, 4) is 11.5 Å². The quantitative estimate of drug-likeness (QED) is 0.147. The number of fused-ring (bicyclic) bond motifs is 1. The Morgan fingerprint density at radius 1 is 0.927 bits per heavy atom. The van der Waals surface area contributed by atoms with E-state index in [1.807, 2.05) is 30.0 Å². The molecular weight excluding hydrogens is 702 g/mol. The summed E-state index contributed by atoms with van der Waals surface area (Å²) < 4.78 is 18.6. The van der Waals surface area contributed by atoms with Crippen molar-refractivity contribution in [1.29, 1.82) is 0 Å². The van der Waals surface area contributed by atoms with Gasteiger partial charge in [-0.1, -0.05) is 12.1 Å². The molecule has 1 fully saturated rings. The molecule has 4 aromatic rings. The van der Waals surface area contributed by atoms with Crippen LogP contribution < -0.4 is 19.7 Å². The highest BCUT2D eigenvalue weighted by atomic mass is 16.6. The Balaban J connectivity index is 1.24. The topological polar surface area (TPSA) is 143 Å². The zero-order valence-corrected chi connectivity index (χ0v) is 32.9. The van der Waals surface area contributed by atoms with E-state index in [1.165, 1.54) is 22.8 Å². The van der Waals surface area contributed by atoms with E-state index in [9.17, 15) is 24.3 Å². The molecule has 2 heterocycles. The van der Waals surface area contributed by atoms with Crippen LogP contribution >= 0.6 is 0 Å². The number of carbonyl (C=O) groups excluding carboxylic acids is 4. The number of aliphatic hydroxyl groups is 1. The number of likely N-dealkylation sites (N-methyl/N-ethyl adjacent to an activating group) is 1. The number of amides is 3. The molecule has 2 N–H and O–H groups in total. The van der Waals surface area contributed by atoms with Gasteiger partial charge in [-0.2, -0.15) is 0 Å². The molecule has 13 nitrogen and oxygen atoms in total. The number of methoxy groups -OCH3 is 1. The first-order valence-corrected chi connectivity index (χ1v) is 18.6. The number of aryl methyl sites for hydroxylation is 1. The summed E-state index contributed by atoms with van der Waals surface area (Å²) in [5.41, 5.74) is 2.52.